The minimum atomic E-state index is -3.54. The van der Waals surface area contributed by atoms with Crippen molar-refractivity contribution in [3.05, 3.63) is 36.4 Å². The van der Waals surface area contributed by atoms with Crippen molar-refractivity contribution in [1.82, 2.24) is 0 Å². The first kappa shape index (κ1) is 9.92. The molecule has 15 heavy (non-hydrogen) atoms. The van der Waals surface area contributed by atoms with Gasteiger partial charge in [-0.15, -0.1) is 4.40 Å². The molecule has 0 amide bonds. The topological polar surface area (TPSA) is 58.5 Å². The van der Waals surface area contributed by atoms with E-state index < -0.39 is 10.0 Å². The number of rotatable bonds is 1. The SMILES string of the molecule is C/C=C/C1=NS(=O)(=O)c2ccccc2N1. The average Bonchev–Trinajstić information content (AvgIpc) is 2.17. The van der Waals surface area contributed by atoms with Crippen LogP contribution in [0.3, 0.4) is 0 Å². The summed E-state index contributed by atoms with van der Waals surface area (Å²) >= 11 is 0. The zero-order valence-electron chi connectivity index (χ0n) is 8.14. The van der Waals surface area contributed by atoms with Crippen LogP contribution in [-0.2, 0) is 10.0 Å². The van der Waals surface area contributed by atoms with Gasteiger partial charge in [-0.25, -0.2) is 0 Å². The molecule has 0 atom stereocenters. The smallest absolute Gasteiger partial charge is 0.286 e. The highest BCUT2D eigenvalue weighted by molar-refractivity contribution is 7.90. The van der Waals surface area contributed by atoms with Crippen molar-refractivity contribution < 1.29 is 8.42 Å². The van der Waals surface area contributed by atoms with Crippen LogP contribution in [0.25, 0.3) is 0 Å². The number of para-hydroxylation sites is 1. The molecule has 1 heterocycles. The lowest BCUT2D eigenvalue weighted by Gasteiger charge is -2.15. The van der Waals surface area contributed by atoms with Crippen molar-refractivity contribution in [2.24, 2.45) is 4.40 Å². The van der Waals surface area contributed by atoms with Crippen molar-refractivity contribution in [3.63, 3.8) is 0 Å². The van der Waals surface area contributed by atoms with Gasteiger partial charge in [0.25, 0.3) is 10.0 Å². The second kappa shape index (κ2) is 3.51. The number of hydrogen-bond acceptors (Lipinski definition) is 3. The summed E-state index contributed by atoms with van der Waals surface area (Å²) in [6, 6.07) is 6.70. The molecule has 4 nitrogen and oxygen atoms in total. The van der Waals surface area contributed by atoms with Gasteiger partial charge in [-0.2, -0.15) is 8.42 Å². The number of fused-ring (bicyclic) bond motifs is 1. The Hall–Kier alpha value is -1.62. The molecule has 0 fully saturated rings. The zero-order valence-corrected chi connectivity index (χ0v) is 8.95. The maximum Gasteiger partial charge on any atom is 0.286 e. The van der Waals surface area contributed by atoms with Crippen molar-refractivity contribution in [2.45, 2.75) is 11.8 Å². The lowest BCUT2D eigenvalue weighted by molar-refractivity contribution is 0.598. The molecule has 1 aromatic carbocycles. The van der Waals surface area contributed by atoms with Crippen LogP contribution in [0, 0.1) is 0 Å². The Morgan fingerprint density at radius 2 is 2.07 bits per heavy atom. The molecule has 0 saturated heterocycles. The standard InChI is InChI=1S/C10H10N2O2S/c1-2-5-10-11-8-6-3-4-7-9(8)15(13,14)12-10/h2-7H,1H3,(H,11,12)/b5-2+. The monoisotopic (exact) mass is 222 g/mol. The predicted octanol–water partition coefficient (Wildman–Crippen LogP) is 1.78. The van der Waals surface area contributed by atoms with Gasteiger partial charge in [-0.3, -0.25) is 0 Å². The molecule has 0 unspecified atom stereocenters. The third kappa shape index (κ3) is 1.78. The maximum atomic E-state index is 11.7. The van der Waals surface area contributed by atoms with E-state index >= 15 is 0 Å². The molecule has 1 aliphatic heterocycles. The first-order chi connectivity index (χ1) is 7.13. The molecule has 1 aliphatic rings. The third-order valence-corrected chi connectivity index (χ3v) is 3.32. The molecule has 0 radical (unpaired) electrons. The Morgan fingerprint density at radius 3 is 2.80 bits per heavy atom. The van der Waals surface area contributed by atoms with Gasteiger partial charge in [0.2, 0.25) is 0 Å². The Kier molecular flexibility index (Phi) is 2.32. The lowest BCUT2D eigenvalue weighted by atomic mass is 10.3. The molecular weight excluding hydrogens is 212 g/mol. The van der Waals surface area contributed by atoms with Crippen LogP contribution < -0.4 is 5.32 Å². The van der Waals surface area contributed by atoms with Gasteiger partial charge in [0, 0.05) is 0 Å². The second-order valence-electron chi connectivity index (χ2n) is 3.07. The van der Waals surface area contributed by atoms with Gasteiger partial charge in [0.15, 0.2) is 0 Å². The van der Waals surface area contributed by atoms with Crippen molar-refractivity contribution >= 4 is 21.5 Å². The number of nitrogens with one attached hydrogen (secondary N) is 1. The molecular formula is C10H10N2O2S. The van der Waals surface area contributed by atoms with E-state index in [0.29, 0.717) is 11.5 Å². The maximum absolute atomic E-state index is 11.7. The minimum Gasteiger partial charge on any atom is -0.338 e. The number of nitrogens with zero attached hydrogens (tertiary/aromatic N) is 1. The molecule has 0 aromatic heterocycles. The van der Waals surface area contributed by atoms with Crippen LogP contribution in [0.5, 0.6) is 0 Å². The summed E-state index contributed by atoms with van der Waals surface area (Å²) in [6.45, 7) is 1.80. The zero-order chi connectivity index (χ0) is 10.9. The van der Waals surface area contributed by atoms with Crippen LogP contribution in [0.2, 0.25) is 0 Å². The summed E-state index contributed by atoms with van der Waals surface area (Å²) in [5.74, 6) is 0.344. The molecule has 0 saturated carbocycles. The van der Waals surface area contributed by atoms with Crippen LogP contribution >= 0.6 is 0 Å². The van der Waals surface area contributed by atoms with Crippen molar-refractivity contribution in [1.29, 1.82) is 0 Å². The lowest BCUT2D eigenvalue weighted by Crippen LogP contribution is -2.19. The molecule has 0 spiro atoms. The van der Waals surface area contributed by atoms with Crippen LogP contribution in [0.1, 0.15) is 6.92 Å². The van der Waals surface area contributed by atoms with E-state index in [2.05, 4.69) is 9.71 Å². The normalized spacial score (nSPS) is 18.1. The van der Waals surface area contributed by atoms with E-state index in [4.69, 9.17) is 0 Å². The highest BCUT2D eigenvalue weighted by Crippen LogP contribution is 2.26. The number of amidine groups is 1. The predicted molar refractivity (Wildman–Crippen MR) is 59.5 cm³/mol. The first-order valence-electron chi connectivity index (χ1n) is 4.47. The fourth-order valence-corrected chi connectivity index (χ4v) is 2.48. The van der Waals surface area contributed by atoms with E-state index in [-0.39, 0.29) is 4.90 Å². The Labute approximate surface area is 88.4 Å². The molecule has 0 aliphatic carbocycles. The van der Waals surface area contributed by atoms with Gasteiger partial charge in [0.05, 0.1) is 5.69 Å². The summed E-state index contributed by atoms with van der Waals surface area (Å²) in [5.41, 5.74) is 0.570. The Bertz CT molecular complexity index is 544. The Morgan fingerprint density at radius 1 is 1.33 bits per heavy atom. The van der Waals surface area contributed by atoms with Gasteiger partial charge in [0.1, 0.15) is 10.7 Å². The van der Waals surface area contributed by atoms with Crippen molar-refractivity contribution in [3.8, 4) is 0 Å². The summed E-state index contributed by atoms with van der Waals surface area (Å²) in [5, 5.41) is 2.94. The molecule has 1 aromatic rings. The first-order valence-corrected chi connectivity index (χ1v) is 5.91. The van der Waals surface area contributed by atoms with E-state index in [1.165, 1.54) is 6.07 Å². The van der Waals surface area contributed by atoms with Crippen LogP contribution in [0.4, 0.5) is 5.69 Å². The number of benzene rings is 1. The molecule has 0 bridgehead atoms. The number of anilines is 1. The summed E-state index contributed by atoms with van der Waals surface area (Å²) < 4.78 is 27.0. The summed E-state index contributed by atoms with van der Waals surface area (Å²) in [4.78, 5) is 0.221. The third-order valence-electron chi connectivity index (χ3n) is 1.97. The molecule has 78 valence electrons. The van der Waals surface area contributed by atoms with E-state index in [9.17, 15) is 8.42 Å². The Balaban J connectivity index is 2.60. The van der Waals surface area contributed by atoms with E-state index in [0.717, 1.165) is 0 Å². The number of allylic oxidation sites excluding steroid dienone is 1. The summed E-state index contributed by atoms with van der Waals surface area (Å²) in [6.07, 6.45) is 3.35. The van der Waals surface area contributed by atoms with Gasteiger partial charge in [-0.1, -0.05) is 18.2 Å². The average molecular weight is 222 g/mol. The number of sulfonamides is 1. The number of hydrogen-bond donors (Lipinski definition) is 1. The van der Waals surface area contributed by atoms with Crippen LogP contribution in [-0.4, -0.2) is 14.3 Å². The van der Waals surface area contributed by atoms with Crippen molar-refractivity contribution in [2.75, 3.05) is 5.32 Å². The van der Waals surface area contributed by atoms with Gasteiger partial charge < -0.3 is 5.32 Å². The highest BCUT2D eigenvalue weighted by atomic mass is 32.2. The highest BCUT2D eigenvalue weighted by Gasteiger charge is 2.22. The molecule has 1 N–H and O–H groups in total. The van der Waals surface area contributed by atoms with E-state index in [1.807, 2.05) is 0 Å². The second-order valence-corrected chi connectivity index (χ2v) is 4.65. The fourth-order valence-electron chi connectivity index (χ4n) is 1.36. The largest absolute Gasteiger partial charge is 0.338 e. The van der Waals surface area contributed by atoms with Crippen LogP contribution in [0.15, 0.2) is 45.7 Å². The molecule has 5 heteroatoms. The molecule has 2 rings (SSSR count). The van der Waals surface area contributed by atoms with Gasteiger partial charge >= 0.3 is 0 Å². The van der Waals surface area contributed by atoms with E-state index in [1.54, 1.807) is 37.3 Å². The van der Waals surface area contributed by atoms with Gasteiger partial charge in [-0.05, 0) is 25.1 Å². The minimum absolute atomic E-state index is 0.221. The quantitative estimate of drug-likeness (QED) is 0.787. The summed E-state index contributed by atoms with van der Waals surface area (Å²) in [7, 11) is -3.54. The fraction of sp³-hybridized carbons (Fsp3) is 0.100.